The quantitative estimate of drug-likeness (QED) is 0.137. The minimum Gasteiger partial charge on any atom is -0.506 e. The number of phenolic OH excluding ortho intramolecular Hbond substituents is 1. The maximum atomic E-state index is 12.7. The molecule has 0 bridgehead atoms. The topological polar surface area (TPSA) is 238 Å². The summed E-state index contributed by atoms with van der Waals surface area (Å²) in [6, 6.07) is 5.62. The fourth-order valence-electron chi connectivity index (χ4n) is 5.09. The Morgan fingerprint density at radius 1 is 0.810 bits per heavy atom. The van der Waals surface area contributed by atoms with Crippen LogP contribution < -0.4 is 14.9 Å². The van der Waals surface area contributed by atoms with Crippen molar-refractivity contribution in [2.75, 3.05) is 20.3 Å². The van der Waals surface area contributed by atoms with Crippen molar-refractivity contribution in [1.29, 1.82) is 0 Å². The van der Waals surface area contributed by atoms with Crippen molar-refractivity contribution in [1.82, 2.24) is 0 Å². The van der Waals surface area contributed by atoms with E-state index in [2.05, 4.69) is 0 Å². The first-order valence-corrected chi connectivity index (χ1v) is 13.0. The van der Waals surface area contributed by atoms with Gasteiger partial charge in [-0.15, -0.1) is 0 Å². The van der Waals surface area contributed by atoms with Crippen LogP contribution in [0.15, 0.2) is 33.5 Å². The molecule has 2 saturated heterocycles. The van der Waals surface area contributed by atoms with Gasteiger partial charge in [-0.25, -0.2) is 0 Å². The summed E-state index contributed by atoms with van der Waals surface area (Å²) in [7, 11) is 1.38. The predicted molar refractivity (Wildman–Crippen MR) is 140 cm³/mol. The van der Waals surface area contributed by atoms with Crippen molar-refractivity contribution < 1.29 is 69.0 Å². The number of benzene rings is 2. The molecule has 8 N–H and O–H groups in total. The van der Waals surface area contributed by atoms with Crippen LogP contribution in [0.25, 0.3) is 21.7 Å². The van der Waals surface area contributed by atoms with Crippen LogP contribution in [0.1, 0.15) is 5.76 Å². The zero-order chi connectivity index (χ0) is 30.5. The fraction of sp³-hybridized carbons (Fsp3) is 0.519. The van der Waals surface area contributed by atoms with Gasteiger partial charge in [0, 0.05) is 12.1 Å². The maximum absolute atomic E-state index is 12.7. The number of aromatic hydroxyl groups is 1. The van der Waals surface area contributed by atoms with E-state index in [1.54, 1.807) is 13.0 Å². The van der Waals surface area contributed by atoms with E-state index in [1.807, 2.05) is 0 Å². The lowest BCUT2D eigenvalue weighted by atomic mass is 9.98. The lowest BCUT2D eigenvalue weighted by molar-refractivity contribution is -0.323. The molecule has 0 unspecified atom stereocenters. The van der Waals surface area contributed by atoms with Crippen molar-refractivity contribution in [2.45, 2.75) is 68.3 Å². The SMILES string of the molecule is COc1cc(O[C@H]2O[C@@H](CO[C@@H]3O[C@@H](CO)[C@H](O)[C@H](O)[C@H]3O)[C@H](O)[C@H](O)[C@@H]2O)c2c(O)c3c(=O)cc(C)oc3cc2c1. The fourth-order valence-corrected chi connectivity index (χ4v) is 5.09. The highest BCUT2D eigenvalue weighted by Gasteiger charge is 2.48. The lowest BCUT2D eigenvalue weighted by Gasteiger charge is -2.42. The summed E-state index contributed by atoms with van der Waals surface area (Å²) < 4.78 is 33.2. The number of phenols is 1. The molecular formula is C27H32O15. The van der Waals surface area contributed by atoms with Gasteiger partial charge in [-0.05, 0) is 24.4 Å². The maximum Gasteiger partial charge on any atom is 0.229 e. The van der Waals surface area contributed by atoms with Crippen molar-refractivity contribution in [2.24, 2.45) is 0 Å². The Morgan fingerprint density at radius 2 is 1.45 bits per heavy atom. The molecule has 0 spiro atoms. The number of rotatable bonds is 7. The molecule has 1 aromatic heterocycles. The number of aliphatic hydroxyl groups excluding tert-OH is 7. The minimum atomic E-state index is -1.81. The monoisotopic (exact) mass is 596 g/mol. The van der Waals surface area contributed by atoms with Crippen LogP contribution in [0.5, 0.6) is 17.2 Å². The van der Waals surface area contributed by atoms with Crippen LogP contribution in [0.2, 0.25) is 0 Å². The first-order valence-electron chi connectivity index (χ1n) is 13.0. The van der Waals surface area contributed by atoms with Crippen molar-refractivity contribution >= 4 is 21.7 Å². The molecule has 2 fully saturated rings. The first-order chi connectivity index (χ1) is 19.9. The van der Waals surface area contributed by atoms with Gasteiger partial charge in [0.05, 0.1) is 25.7 Å². The minimum absolute atomic E-state index is 0.0463. The van der Waals surface area contributed by atoms with E-state index in [0.717, 1.165) is 0 Å². The summed E-state index contributed by atoms with van der Waals surface area (Å²) in [5.74, 6) is 0.0146. The van der Waals surface area contributed by atoms with Gasteiger partial charge in [-0.2, -0.15) is 0 Å². The molecule has 2 aliphatic heterocycles. The van der Waals surface area contributed by atoms with Gasteiger partial charge < -0.3 is 69.0 Å². The Labute approximate surface area is 237 Å². The number of hydrogen-bond acceptors (Lipinski definition) is 15. The standard InChI is InChI=1S/C27H32O15/c1-9-3-12(29)18-13(39-9)5-10-4-11(37-2)6-14(17(10)21(18)32)40-27-25(36)23(34)20(31)16(42-27)8-38-26-24(35)22(33)19(30)15(7-28)41-26/h3-6,15-16,19-20,22-28,30-36H,7-8H2,1-2H3/t15-,16-,19-,20-,22-,23-,24+,25-,26+,27-/m0/s1. The van der Waals surface area contributed by atoms with Crippen LogP contribution in [0, 0.1) is 6.92 Å². The van der Waals surface area contributed by atoms with Crippen LogP contribution in [0.3, 0.4) is 0 Å². The van der Waals surface area contributed by atoms with Gasteiger partial charge in [-0.3, -0.25) is 4.79 Å². The van der Waals surface area contributed by atoms with E-state index in [-0.39, 0.29) is 27.9 Å². The highest BCUT2D eigenvalue weighted by molar-refractivity contribution is 6.06. The lowest BCUT2D eigenvalue weighted by Crippen LogP contribution is -2.62. The number of methoxy groups -OCH3 is 1. The van der Waals surface area contributed by atoms with Crippen molar-refractivity contribution in [3.8, 4) is 17.2 Å². The molecule has 15 nitrogen and oxygen atoms in total. The largest absolute Gasteiger partial charge is 0.506 e. The van der Waals surface area contributed by atoms with Gasteiger partial charge >= 0.3 is 0 Å². The Balaban J connectivity index is 1.44. The van der Waals surface area contributed by atoms with Crippen LogP contribution >= 0.6 is 0 Å². The highest BCUT2D eigenvalue weighted by Crippen LogP contribution is 2.42. The van der Waals surface area contributed by atoms with Crippen LogP contribution in [0.4, 0.5) is 0 Å². The summed E-state index contributed by atoms with van der Waals surface area (Å²) in [5.41, 5.74) is -0.394. The third-order valence-corrected chi connectivity index (χ3v) is 7.39. The van der Waals surface area contributed by atoms with Gasteiger partial charge in [0.1, 0.15) is 82.8 Å². The number of fused-ring (bicyclic) bond motifs is 2. The zero-order valence-corrected chi connectivity index (χ0v) is 22.4. The molecule has 5 rings (SSSR count). The zero-order valence-electron chi connectivity index (χ0n) is 22.4. The average molecular weight is 597 g/mol. The van der Waals surface area contributed by atoms with E-state index in [1.165, 1.54) is 25.3 Å². The molecule has 0 aliphatic carbocycles. The summed E-state index contributed by atoms with van der Waals surface area (Å²) in [6.45, 7) is 0.330. The molecule has 2 aliphatic rings. The molecule has 3 aromatic rings. The number of ether oxygens (including phenoxy) is 5. The normalized spacial score (nSPS) is 33.6. The molecular weight excluding hydrogens is 564 g/mol. The van der Waals surface area contributed by atoms with Gasteiger partial charge in [-0.1, -0.05) is 0 Å². The van der Waals surface area contributed by atoms with E-state index in [4.69, 9.17) is 28.1 Å². The molecule has 230 valence electrons. The van der Waals surface area contributed by atoms with E-state index >= 15 is 0 Å². The smallest absolute Gasteiger partial charge is 0.229 e. The molecule has 3 heterocycles. The Bertz CT molecular complexity index is 1490. The second kappa shape index (κ2) is 11.9. The molecule has 10 atom stereocenters. The Kier molecular flexibility index (Phi) is 8.60. The predicted octanol–water partition coefficient (Wildman–Crippen LogP) is -2.03. The molecule has 0 radical (unpaired) electrons. The van der Waals surface area contributed by atoms with Crippen molar-refractivity contribution in [3.63, 3.8) is 0 Å². The van der Waals surface area contributed by atoms with Gasteiger partial charge in [0.2, 0.25) is 6.29 Å². The van der Waals surface area contributed by atoms with E-state index < -0.39 is 85.8 Å². The van der Waals surface area contributed by atoms with Gasteiger partial charge in [0.25, 0.3) is 0 Å². The molecule has 42 heavy (non-hydrogen) atoms. The summed E-state index contributed by atoms with van der Waals surface area (Å²) in [5, 5.41) is 82.7. The molecule has 0 amide bonds. The summed E-state index contributed by atoms with van der Waals surface area (Å²) in [6.07, 6.45) is -16.2. The van der Waals surface area contributed by atoms with E-state index in [9.17, 15) is 45.6 Å². The van der Waals surface area contributed by atoms with E-state index in [0.29, 0.717) is 11.1 Å². The Hall–Kier alpha value is -3.09. The van der Waals surface area contributed by atoms with Crippen LogP contribution in [-0.2, 0) is 14.2 Å². The van der Waals surface area contributed by atoms with Crippen molar-refractivity contribution in [3.05, 3.63) is 40.2 Å². The summed E-state index contributed by atoms with van der Waals surface area (Å²) in [4.78, 5) is 12.7. The van der Waals surface area contributed by atoms with Crippen LogP contribution in [-0.4, -0.2) is 123 Å². The second-order valence-electron chi connectivity index (χ2n) is 10.2. The average Bonchev–Trinajstić information content (AvgIpc) is 2.95. The van der Waals surface area contributed by atoms with Gasteiger partial charge in [0.15, 0.2) is 11.7 Å². The Morgan fingerprint density at radius 3 is 2.12 bits per heavy atom. The third-order valence-electron chi connectivity index (χ3n) is 7.39. The molecule has 0 saturated carbocycles. The number of aryl methyl sites for hydroxylation is 1. The second-order valence-corrected chi connectivity index (χ2v) is 10.2. The summed E-state index contributed by atoms with van der Waals surface area (Å²) >= 11 is 0. The number of hydrogen-bond donors (Lipinski definition) is 8. The molecule has 2 aromatic carbocycles. The number of aliphatic hydroxyl groups is 7. The molecule has 15 heteroatoms. The first kappa shape index (κ1) is 30.4. The third kappa shape index (κ3) is 5.40. The highest BCUT2D eigenvalue weighted by atomic mass is 16.7.